The smallest absolute Gasteiger partial charge is 0.306 e. The van der Waals surface area contributed by atoms with Crippen LogP contribution in [0, 0.1) is 0 Å². The molecule has 0 aliphatic heterocycles. The zero-order valence-corrected chi connectivity index (χ0v) is 26.5. The van der Waals surface area contributed by atoms with E-state index < -0.39 is 5.97 Å². The lowest BCUT2D eigenvalue weighted by Gasteiger charge is -2.18. The second-order valence-electron chi connectivity index (χ2n) is 12.1. The van der Waals surface area contributed by atoms with Crippen LogP contribution in [0.4, 0.5) is 0 Å². The molecule has 0 aliphatic carbocycles. The van der Waals surface area contributed by atoms with Gasteiger partial charge in [-0.3, -0.25) is 9.59 Å². The highest BCUT2D eigenvalue weighted by molar-refractivity contribution is 5.69. The van der Waals surface area contributed by atoms with Crippen LogP contribution in [0.2, 0.25) is 0 Å². The van der Waals surface area contributed by atoms with Gasteiger partial charge in [0, 0.05) is 12.8 Å². The number of carboxylic acids is 1. The van der Waals surface area contributed by atoms with Gasteiger partial charge in [0.25, 0.3) is 0 Å². The second kappa shape index (κ2) is 31.5. The van der Waals surface area contributed by atoms with Crippen molar-refractivity contribution in [2.24, 2.45) is 0 Å². The molecule has 0 bridgehead atoms. The van der Waals surface area contributed by atoms with E-state index in [-0.39, 0.29) is 18.5 Å². The highest BCUT2D eigenvalue weighted by Crippen LogP contribution is 2.19. The number of rotatable bonds is 32. The molecule has 0 aliphatic rings. The van der Waals surface area contributed by atoms with E-state index in [1.807, 2.05) is 0 Å². The number of ether oxygens (including phenoxy) is 1. The zero-order chi connectivity index (χ0) is 28.7. The van der Waals surface area contributed by atoms with Crippen molar-refractivity contribution >= 4 is 11.9 Å². The number of carbonyl (C=O) groups is 2. The van der Waals surface area contributed by atoms with Gasteiger partial charge >= 0.3 is 11.9 Å². The number of aliphatic carboxylic acids is 1. The minimum Gasteiger partial charge on any atom is -0.481 e. The van der Waals surface area contributed by atoms with Crippen LogP contribution in [-0.4, -0.2) is 23.1 Å². The second-order valence-corrected chi connectivity index (χ2v) is 12.1. The third-order valence-corrected chi connectivity index (χ3v) is 8.08. The highest BCUT2D eigenvalue weighted by Gasteiger charge is 2.14. The van der Waals surface area contributed by atoms with Gasteiger partial charge in [0.05, 0.1) is 0 Å². The predicted molar refractivity (Wildman–Crippen MR) is 167 cm³/mol. The molecule has 0 aromatic heterocycles. The van der Waals surface area contributed by atoms with Crippen molar-refractivity contribution in [2.45, 2.75) is 213 Å². The van der Waals surface area contributed by atoms with Crippen LogP contribution >= 0.6 is 0 Å². The first-order chi connectivity index (χ1) is 19.1. The van der Waals surface area contributed by atoms with Crippen LogP contribution in [0.25, 0.3) is 0 Å². The average Bonchev–Trinajstić information content (AvgIpc) is 2.91. The maximum atomic E-state index is 12.5. The molecule has 4 nitrogen and oxygen atoms in total. The van der Waals surface area contributed by atoms with Crippen LogP contribution < -0.4 is 0 Å². The Hall–Kier alpha value is -1.06. The molecule has 1 atom stereocenters. The van der Waals surface area contributed by atoms with Crippen molar-refractivity contribution in [3.8, 4) is 0 Å². The minimum atomic E-state index is -0.698. The highest BCUT2D eigenvalue weighted by atomic mass is 16.5. The van der Waals surface area contributed by atoms with E-state index in [4.69, 9.17) is 9.84 Å². The van der Waals surface area contributed by atoms with Gasteiger partial charge < -0.3 is 9.84 Å². The number of esters is 1. The van der Waals surface area contributed by atoms with Crippen LogP contribution in [0.15, 0.2) is 0 Å². The van der Waals surface area contributed by atoms with Crippen molar-refractivity contribution < 1.29 is 19.4 Å². The van der Waals surface area contributed by atoms with Crippen molar-refractivity contribution in [3.63, 3.8) is 0 Å². The van der Waals surface area contributed by atoms with Gasteiger partial charge in [-0.1, -0.05) is 155 Å². The van der Waals surface area contributed by atoms with Gasteiger partial charge in [-0.2, -0.15) is 0 Å². The molecule has 0 spiro atoms. The lowest BCUT2D eigenvalue weighted by Crippen LogP contribution is -2.18. The number of hydrogen-bond donors (Lipinski definition) is 1. The monoisotopic (exact) mass is 553 g/mol. The molecule has 0 saturated heterocycles. The number of hydrogen-bond acceptors (Lipinski definition) is 3. The summed E-state index contributed by atoms with van der Waals surface area (Å²) < 4.78 is 5.96. The van der Waals surface area contributed by atoms with Crippen LogP contribution in [0.3, 0.4) is 0 Å². The number of carboxylic acid groups (broad SMARTS) is 1. The first-order valence-corrected chi connectivity index (χ1v) is 17.5. The molecule has 1 unspecified atom stereocenters. The van der Waals surface area contributed by atoms with Crippen molar-refractivity contribution in [3.05, 3.63) is 0 Å². The van der Waals surface area contributed by atoms with E-state index in [2.05, 4.69) is 13.8 Å². The van der Waals surface area contributed by atoms with E-state index in [1.165, 1.54) is 116 Å². The summed E-state index contributed by atoms with van der Waals surface area (Å²) in [6.07, 6.45) is 35.4. The standard InChI is InChI=1S/C35H68O4/c1-3-5-7-9-11-13-14-15-17-18-21-25-29-33(30-26-22-20-23-27-31-34(36)37)39-35(38)32-28-24-19-16-12-10-8-6-4-2/h33H,3-32H2,1-2H3,(H,36,37). The molecular formula is C35H68O4. The van der Waals surface area contributed by atoms with Gasteiger partial charge in [-0.15, -0.1) is 0 Å². The van der Waals surface area contributed by atoms with E-state index in [0.29, 0.717) is 6.42 Å². The molecule has 0 amide bonds. The third-order valence-electron chi connectivity index (χ3n) is 8.08. The molecule has 232 valence electrons. The summed E-state index contributed by atoms with van der Waals surface area (Å²) in [4.78, 5) is 23.2. The first kappa shape index (κ1) is 37.9. The number of unbranched alkanes of at least 4 members (excludes halogenated alkanes) is 23. The summed E-state index contributed by atoms with van der Waals surface area (Å²) in [7, 11) is 0. The summed E-state index contributed by atoms with van der Waals surface area (Å²) in [6.45, 7) is 4.53. The molecule has 0 saturated carbocycles. The Bertz CT molecular complexity index is 519. The van der Waals surface area contributed by atoms with Gasteiger partial charge in [0.1, 0.15) is 6.10 Å². The molecular weight excluding hydrogens is 484 g/mol. The minimum absolute atomic E-state index is 0.00309. The van der Waals surface area contributed by atoms with Crippen LogP contribution in [-0.2, 0) is 14.3 Å². The molecule has 0 rings (SSSR count). The predicted octanol–water partition coefficient (Wildman–Crippen LogP) is 11.7. The van der Waals surface area contributed by atoms with Crippen molar-refractivity contribution in [1.29, 1.82) is 0 Å². The summed E-state index contributed by atoms with van der Waals surface area (Å²) in [6, 6.07) is 0. The Morgan fingerprint density at radius 2 is 0.769 bits per heavy atom. The maximum Gasteiger partial charge on any atom is 0.306 e. The van der Waals surface area contributed by atoms with Gasteiger partial charge in [0.2, 0.25) is 0 Å². The van der Waals surface area contributed by atoms with Crippen molar-refractivity contribution in [1.82, 2.24) is 0 Å². The first-order valence-electron chi connectivity index (χ1n) is 17.5. The molecule has 4 heteroatoms. The molecule has 0 fully saturated rings. The summed E-state index contributed by atoms with van der Waals surface area (Å²) in [5.74, 6) is -0.695. The number of carbonyl (C=O) groups excluding carboxylic acids is 1. The largest absolute Gasteiger partial charge is 0.481 e. The molecule has 0 aromatic rings. The van der Waals surface area contributed by atoms with E-state index in [9.17, 15) is 9.59 Å². The average molecular weight is 553 g/mol. The van der Waals surface area contributed by atoms with Crippen LogP contribution in [0.5, 0.6) is 0 Å². The fraction of sp³-hybridized carbons (Fsp3) is 0.943. The lowest BCUT2D eigenvalue weighted by atomic mass is 10.0. The van der Waals surface area contributed by atoms with Gasteiger partial charge in [-0.05, 0) is 38.5 Å². The Balaban J connectivity index is 4.03. The third kappa shape index (κ3) is 31.3. The Morgan fingerprint density at radius 3 is 1.13 bits per heavy atom. The normalized spacial score (nSPS) is 12.1. The Morgan fingerprint density at radius 1 is 0.462 bits per heavy atom. The quantitative estimate of drug-likeness (QED) is 0.0665. The Kier molecular flexibility index (Phi) is 30.6. The lowest BCUT2D eigenvalue weighted by molar-refractivity contribution is -0.150. The van der Waals surface area contributed by atoms with Crippen LogP contribution in [0.1, 0.15) is 206 Å². The van der Waals surface area contributed by atoms with E-state index in [0.717, 1.165) is 64.2 Å². The molecule has 1 N–H and O–H groups in total. The van der Waals surface area contributed by atoms with Gasteiger partial charge in [-0.25, -0.2) is 0 Å². The van der Waals surface area contributed by atoms with Gasteiger partial charge in [0.15, 0.2) is 0 Å². The molecule has 0 aromatic carbocycles. The van der Waals surface area contributed by atoms with E-state index >= 15 is 0 Å². The fourth-order valence-electron chi connectivity index (χ4n) is 5.48. The summed E-state index contributed by atoms with van der Waals surface area (Å²) in [5.41, 5.74) is 0. The summed E-state index contributed by atoms with van der Waals surface area (Å²) in [5, 5.41) is 8.78. The molecule has 0 heterocycles. The topological polar surface area (TPSA) is 63.6 Å². The Labute approximate surface area is 243 Å². The zero-order valence-electron chi connectivity index (χ0n) is 26.5. The fourth-order valence-corrected chi connectivity index (χ4v) is 5.48. The molecule has 39 heavy (non-hydrogen) atoms. The SMILES string of the molecule is CCCCCCCCCCCCCCC(CCCCCCCC(=O)O)OC(=O)CCCCCCCCCCC. The van der Waals surface area contributed by atoms with Crippen molar-refractivity contribution in [2.75, 3.05) is 0 Å². The molecule has 0 radical (unpaired) electrons. The van der Waals surface area contributed by atoms with E-state index in [1.54, 1.807) is 0 Å². The maximum absolute atomic E-state index is 12.5. The summed E-state index contributed by atoms with van der Waals surface area (Å²) >= 11 is 0.